The Balaban J connectivity index is 1.74. The number of aromatic hydroxyl groups is 1. The lowest BCUT2D eigenvalue weighted by Crippen LogP contribution is -2.53. The van der Waals surface area contributed by atoms with Crippen LogP contribution in [0.3, 0.4) is 0 Å². The van der Waals surface area contributed by atoms with Gasteiger partial charge < -0.3 is 24.8 Å². The molecule has 1 aliphatic rings. The Bertz CT molecular complexity index is 872. The predicted molar refractivity (Wildman–Crippen MR) is 103 cm³/mol. The third-order valence-electron chi connectivity index (χ3n) is 4.54. The van der Waals surface area contributed by atoms with Crippen LogP contribution in [0.5, 0.6) is 11.5 Å². The summed E-state index contributed by atoms with van der Waals surface area (Å²) >= 11 is 0. The normalized spacial score (nSPS) is 15.4. The number of benzene rings is 2. The van der Waals surface area contributed by atoms with Crippen LogP contribution < -0.4 is 9.97 Å². The van der Waals surface area contributed by atoms with Crippen molar-refractivity contribution in [3.8, 4) is 11.5 Å². The fourth-order valence-corrected chi connectivity index (χ4v) is 3.01. The van der Waals surface area contributed by atoms with Crippen LogP contribution in [0.25, 0.3) is 0 Å². The number of fused-ring (bicyclic) bond motifs is 1. The molecule has 0 fully saturated rings. The summed E-state index contributed by atoms with van der Waals surface area (Å²) in [6.07, 6.45) is 1.95. The highest BCUT2D eigenvalue weighted by Crippen LogP contribution is 2.31. The van der Waals surface area contributed by atoms with E-state index in [0.29, 0.717) is 12.2 Å². The van der Waals surface area contributed by atoms with E-state index in [0.717, 1.165) is 12.8 Å². The van der Waals surface area contributed by atoms with Crippen molar-refractivity contribution in [1.29, 1.82) is 0 Å². The molecular weight excluding hydrogens is 361 g/mol. The Morgan fingerprint density at radius 1 is 1.21 bits per heavy atom. The minimum atomic E-state index is -1.34. The fourth-order valence-electron chi connectivity index (χ4n) is 3.01. The number of carbonyl (C=O) groups excluding carboxylic acids is 2. The van der Waals surface area contributed by atoms with Crippen molar-refractivity contribution in [2.24, 2.45) is 0 Å². The maximum Gasteiger partial charge on any atom is 0.547 e. The number of phenols is 1. The Labute approximate surface area is 163 Å². The molecule has 2 aromatic rings. The lowest BCUT2D eigenvalue weighted by Gasteiger charge is -2.29. The van der Waals surface area contributed by atoms with E-state index in [4.69, 9.17) is 9.39 Å². The zero-order chi connectivity index (χ0) is 20.1. The van der Waals surface area contributed by atoms with Gasteiger partial charge in [0.1, 0.15) is 17.1 Å². The second kappa shape index (κ2) is 8.80. The Morgan fingerprint density at radius 3 is 2.71 bits per heavy atom. The smallest absolute Gasteiger partial charge is 0.534 e. The summed E-state index contributed by atoms with van der Waals surface area (Å²) in [7, 11) is -1.34. The summed E-state index contributed by atoms with van der Waals surface area (Å²) in [4.78, 5) is 24.7. The van der Waals surface area contributed by atoms with E-state index in [-0.39, 0.29) is 29.0 Å². The number of hydrogen-bond acceptors (Lipinski definition) is 6. The SMILES string of the molecule is CCCCOC(=O)c1cccc2c1OB(O)[C@@H](NC(=O)c1ccccc1O)C2. The molecule has 0 spiro atoms. The number of para-hydroxylation sites is 2. The number of hydrogen-bond donors (Lipinski definition) is 3. The first-order valence-electron chi connectivity index (χ1n) is 9.23. The Hall–Kier alpha value is -3.00. The van der Waals surface area contributed by atoms with Gasteiger partial charge in [0, 0.05) is 0 Å². The lowest BCUT2D eigenvalue weighted by molar-refractivity contribution is 0.0496. The summed E-state index contributed by atoms with van der Waals surface area (Å²) < 4.78 is 10.8. The molecule has 0 unspecified atom stereocenters. The lowest BCUT2D eigenvalue weighted by atomic mass is 9.72. The van der Waals surface area contributed by atoms with Crippen molar-refractivity contribution in [2.45, 2.75) is 32.1 Å². The number of nitrogens with one attached hydrogen (secondary N) is 1. The molecule has 3 N–H and O–H groups in total. The number of ether oxygens (including phenoxy) is 1. The van der Waals surface area contributed by atoms with E-state index in [2.05, 4.69) is 5.32 Å². The van der Waals surface area contributed by atoms with Gasteiger partial charge in [0.15, 0.2) is 0 Å². The number of carbonyl (C=O) groups is 2. The van der Waals surface area contributed by atoms with Crippen LogP contribution in [0, 0.1) is 0 Å². The molecule has 146 valence electrons. The first kappa shape index (κ1) is 19.8. The summed E-state index contributed by atoms with van der Waals surface area (Å²) in [6, 6.07) is 11.2. The largest absolute Gasteiger partial charge is 0.547 e. The van der Waals surface area contributed by atoms with E-state index in [1.54, 1.807) is 30.3 Å². The van der Waals surface area contributed by atoms with Gasteiger partial charge in [-0.15, -0.1) is 0 Å². The molecule has 0 bridgehead atoms. The average molecular weight is 383 g/mol. The Kier molecular flexibility index (Phi) is 6.21. The highest BCUT2D eigenvalue weighted by Gasteiger charge is 2.38. The van der Waals surface area contributed by atoms with Crippen molar-refractivity contribution < 1.29 is 29.1 Å². The van der Waals surface area contributed by atoms with Gasteiger partial charge >= 0.3 is 13.1 Å². The van der Waals surface area contributed by atoms with E-state index in [9.17, 15) is 19.7 Å². The second-order valence-corrected chi connectivity index (χ2v) is 6.59. The number of phenolic OH excluding ortho intramolecular Hbond substituents is 1. The van der Waals surface area contributed by atoms with Gasteiger partial charge in [0.2, 0.25) is 0 Å². The van der Waals surface area contributed by atoms with Crippen LogP contribution in [0.4, 0.5) is 0 Å². The summed E-state index contributed by atoms with van der Waals surface area (Å²) in [6.45, 7) is 2.32. The van der Waals surface area contributed by atoms with Gasteiger partial charge in [-0.25, -0.2) is 4.79 Å². The van der Waals surface area contributed by atoms with Crippen molar-refractivity contribution in [3.05, 3.63) is 59.2 Å². The Morgan fingerprint density at radius 2 is 1.96 bits per heavy atom. The monoisotopic (exact) mass is 383 g/mol. The quantitative estimate of drug-likeness (QED) is 0.401. The average Bonchev–Trinajstić information content (AvgIpc) is 2.68. The molecule has 3 rings (SSSR count). The van der Waals surface area contributed by atoms with Gasteiger partial charge in [-0.05, 0) is 36.6 Å². The molecule has 1 heterocycles. The minimum absolute atomic E-state index is 0.105. The third kappa shape index (κ3) is 4.28. The van der Waals surface area contributed by atoms with E-state index >= 15 is 0 Å². The maximum absolute atomic E-state index is 12.4. The van der Waals surface area contributed by atoms with Crippen LogP contribution in [0.2, 0.25) is 0 Å². The number of unbranched alkanes of at least 4 members (excludes halogenated alkanes) is 1. The maximum atomic E-state index is 12.4. The molecule has 0 aliphatic carbocycles. The standard InChI is InChI=1S/C20H22BNO6/c1-2-3-11-27-20(25)15-9-6-7-13-12-17(21(26)28-18(13)15)22-19(24)14-8-4-5-10-16(14)23/h4-10,17,23,26H,2-3,11-12H2,1H3,(H,22,24)/t17-/m0/s1. The molecule has 0 radical (unpaired) electrons. The highest BCUT2D eigenvalue weighted by molar-refractivity contribution is 6.47. The molecular formula is C20H22BNO6. The van der Waals surface area contributed by atoms with Crippen LogP contribution in [-0.2, 0) is 11.2 Å². The molecule has 0 aromatic heterocycles. The molecule has 1 amide bonds. The molecule has 2 aromatic carbocycles. The summed E-state index contributed by atoms with van der Waals surface area (Å²) in [5.41, 5.74) is 1.03. The highest BCUT2D eigenvalue weighted by atomic mass is 16.5. The zero-order valence-corrected chi connectivity index (χ0v) is 15.6. The van der Waals surface area contributed by atoms with Crippen molar-refractivity contribution in [3.63, 3.8) is 0 Å². The minimum Gasteiger partial charge on any atom is -0.534 e. The van der Waals surface area contributed by atoms with Crippen LogP contribution in [0.15, 0.2) is 42.5 Å². The molecule has 28 heavy (non-hydrogen) atoms. The molecule has 7 nitrogen and oxygen atoms in total. The first-order valence-corrected chi connectivity index (χ1v) is 9.23. The molecule has 0 saturated heterocycles. The fraction of sp³-hybridized carbons (Fsp3) is 0.300. The summed E-state index contributed by atoms with van der Waals surface area (Å²) in [5.74, 6) is -1.64. The number of amides is 1. The van der Waals surface area contributed by atoms with Crippen LogP contribution in [-0.4, -0.2) is 41.7 Å². The molecule has 8 heteroatoms. The van der Waals surface area contributed by atoms with Gasteiger partial charge in [-0.3, -0.25) is 4.79 Å². The molecule has 0 saturated carbocycles. The van der Waals surface area contributed by atoms with E-state index < -0.39 is 24.9 Å². The first-order chi connectivity index (χ1) is 13.5. The van der Waals surface area contributed by atoms with Gasteiger partial charge in [0.05, 0.1) is 18.1 Å². The zero-order valence-electron chi connectivity index (χ0n) is 15.6. The van der Waals surface area contributed by atoms with Crippen LogP contribution in [0.1, 0.15) is 46.0 Å². The van der Waals surface area contributed by atoms with Crippen molar-refractivity contribution in [2.75, 3.05) is 6.61 Å². The topological polar surface area (TPSA) is 105 Å². The van der Waals surface area contributed by atoms with Crippen LogP contribution >= 0.6 is 0 Å². The van der Waals surface area contributed by atoms with Gasteiger partial charge in [-0.2, -0.15) is 0 Å². The van der Waals surface area contributed by atoms with Crippen molar-refractivity contribution in [1.82, 2.24) is 5.32 Å². The molecule has 1 atom stereocenters. The van der Waals surface area contributed by atoms with E-state index in [1.807, 2.05) is 6.92 Å². The van der Waals surface area contributed by atoms with E-state index in [1.165, 1.54) is 12.1 Å². The second-order valence-electron chi connectivity index (χ2n) is 6.59. The number of esters is 1. The third-order valence-corrected chi connectivity index (χ3v) is 4.54. The summed E-state index contributed by atoms with van der Waals surface area (Å²) in [5, 5.41) is 22.8. The number of rotatable bonds is 6. The van der Waals surface area contributed by atoms with Crippen molar-refractivity contribution >= 4 is 19.0 Å². The predicted octanol–water partition coefficient (Wildman–Crippen LogP) is 2.10. The van der Waals surface area contributed by atoms with Gasteiger partial charge in [-0.1, -0.05) is 37.6 Å². The molecule has 1 aliphatic heterocycles. The van der Waals surface area contributed by atoms with Gasteiger partial charge in [0.25, 0.3) is 5.91 Å².